The van der Waals surface area contributed by atoms with E-state index >= 15 is 0 Å². The van der Waals surface area contributed by atoms with E-state index in [0.717, 1.165) is 21.8 Å². The maximum Gasteiger partial charge on any atom is 0.242 e. The smallest absolute Gasteiger partial charge is 0.242 e. The second-order valence-corrected chi connectivity index (χ2v) is 8.63. The van der Waals surface area contributed by atoms with Crippen LogP contribution in [0.4, 0.5) is 5.69 Å². The number of methoxy groups -OCH3 is 1. The Morgan fingerprint density at radius 3 is 2.55 bits per heavy atom. The first kappa shape index (κ1) is 22.8. The van der Waals surface area contributed by atoms with Crippen molar-refractivity contribution in [3.8, 4) is 0 Å². The van der Waals surface area contributed by atoms with Crippen LogP contribution < -0.4 is 5.32 Å². The Kier molecular flexibility index (Phi) is 7.22. The van der Waals surface area contributed by atoms with E-state index in [0.29, 0.717) is 24.4 Å². The topological polar surface area (TPSA) is 73.2 Å². The molecule has 0 saturated carbocycles. The van der Waals surface area contributed by atoms with E-state index in [1.54, 1.807) is 31.4 Å². The molecule has 0 aliphatic carbocycles. The third kappa shape index (κ3) is 5.32. The van der Waals surface area contributed by atoms with E-state index in [4.69, 9.17) is 9.72 Å². The molecule has 1 heterocycles. The lowest BCUT2D eigenvalue weighted by Crippen LogP contribution is -2.20. The quantitative estimate of drug-likeness (QED) is 0.270. The van der Waals surface area contributed by atoms with E-state index in [2.05, 4.69) is 9.88 Å². The average Bonchev–Trinajstić information content (AvgIpc) is 3.18. The van der Waals surface area contributed by atoms with E-state index in [9.17, 15) is 9.59 Å². The van der Waals surface area contributed by atoms with Crippen molar-refractivity contribution < 1.29 is 14.3 Å². The number of para-hydroxylation sites is 2. The summed E-state index contributed by atoms with van der Waals surface area (Å²) in [6, 6.07) is 24.5. The van der Waals surface area contributed by atoms with E-state index in [1.807, 2.05) is 54.6 Å². The van der Waals surface area contributed by atoms with E-state index in [1.165, 1.54) is 18.7 Å². The van der Waals surface area contributed by atoms with Crippen LogP contribution in [0, 0.1) is 0 Å². The number of ketones is 1. The molecule has 0 saturated heterocycles. The van der Waals surface area contributed by atoms with Gasteiger partial charge in [-0.2, -0.15) is 0 Å². The molecule has 4 rings (SSSR count). The molecule has 1 amide bonds. The van der Waals surface area contributed by atoms with Gasteiger partial charge in [-0.25, -0.2) is 4.98 Å². The highest BCUT2D eigenvalue weighted by molar-refractivity contribution is 8.00. The fourth-order valence-corrected chi connectivity index (χ4v) is 4.71. The summed E-state index contributed by atoms with van der Waals surface area (Å²) >= 11 is 1.40. The number of nitrogens with one attached hydrogen (secondary N) is 1. The average molecular weight is 460 g/mol. The number of thioether (sulfide) groups is 1. The Hall–Kier alpha value is -3.42. The van der Waals surface area contributed by atoms with Crippen LogP contribution in [0.1, 0.15) is 28.1 Å². The fourth-order valence-electron chi connectivity index (χ4n) is 3.57. The zero-order valence-corrected chi connectivity index (χ0v) is 19.3. The van der Waals surface area contributed by atoms with E-state index in [-0.39, 0.29) is 11.7 Å². The van der Waals surface area contributed by atoms with Crippen molar-refractivity contribution in [1.82, 2.24) is 9.55 Å². The zero-order chi connectivity index (χ0) is 23.2. The van der Waals surface area contributed by atoms with Crippen molar-refractivity contribution in [2.24, 2.45) is 0 Å². The number of anilines is 1. The van der Waals surface area contributed by atoms with Gasteiger partial charge >= 0.3 is 0 Å². The largest absolute Gasteiger partial charge is 0.383 e. The summed E-state index contributed by atoms with van der Waals surface area (Å²) in [5, 5.41) is 3.19. The minimum absolute atomic E-state index is 0.0491. The first-order chi connectivity index (χ1) is 16.1. The van der Waals surface area contributed by atoms with Crippen LogP contribution in [-0.2, 0) is 16.1 Å². The molecule has 1 aromatic heterocycles. The number of hydrogen-bond acceptors (Lipinski definition) is 5. The van der Waals surface area contributed by atoms with Gasteiger partial charge in [0.2, 0.25) is 5.91 Å². The van der Waals surface area contributed by atoms with E-state index < -0.39 is 5.25 Å². The molecule has 1 atom stereocenters. The fraction of sp³-hybridized carbons (Fsp3) is 0.192. The van der Waals surface area contributed by atoms with Crippen LogP contribution in [0.3, 0.4) is 0 Å². The Labute approximate surface area is 197 Å². The second-order valence-electron chi connectivity index (χ2n) is 7.56. The zero-order valence-electron chi connectivity index (χ0n) is 18.5. The third-order valence-electron chi connectivity index (χ3n) is 5.24. The summed E-state index contributed by atoms with van der Waals surface area (Å²) in [5.74, 6) is -0.232. The molecule has 4 aromatic rings. The molecular weight excluding hydrogens is 434 g/mol. The first-order valence-electron chi connectivity index (χ1n) is 10.6. The van der Waals surface area contributed by atoms with Crippen LogP contribution in [0.15, 0.2) is 84.0 Å². The molecule has 168 valence electrons. The number of imidazole rings is 1. The van der Waals surface area contributed by atoms with Crippen molar-refractivity contribution in [3.05, 3.63) is 90.0 Å². The first-order valence-corrected chi connectivity index (χ1v) is 11.5. The van der Waals surface area contributed by atoms with Gasteiger partial charge in [0.05, 0.1) is 17.6 Å². The molecule has 0 aliphatic heterocycles. The standard InChI is InChI=1S/C26H25N3O3S/c1-18(30)20-11-8-12-21(17-20)27-25(31)24(19-9-4-3-5-10-19)33-26-28-22-13-6-7-14-23(22)29(26)15-16-32-2/h3-14,17,24H,15-16H2,1-2H3,(H,27,31). The van der Waals surface area contributed by atoms with Crippen molar-refractivity contribution in [3.63, 3.8) is 0 Å². The van der Waals surface area contributed by atoms with Crippen molar-refractivity contribution in [2.45, 2.75) is 23.9 Å². The molecule has 0 fully saturated rings. The van der Waals surface area contributed by atoms with Gasteiger partial charge in [0, 0.05) is 24.9 Å². The summed E-state index contributed by atoms with van der Waals surface area (Å²) in [5.41, 5.74) is 3.88. The lowest BCUT2D eigenvalue weighted by atomic mass is 10.1. The number of benzene rings is 3. The molecule has 0 spiro atoms. The van der Waals surface area contributed by atoms with Gasteiger partial charge in [-0.15, -0.1) is 0 Å². The predicted molar refractivity (Wildman–Crippen MR) is 132 cm³/mol. The number of rotatable bonds is 9. The molecule has 1 unspecified atom stereocenters. The number of nitrogens with zero attached hydrogens (tertiary/aromatic N) is 2. The minimum Gasteiger partial charge on any atom is -0.383 e. The monoisotopic (exact) mass is 459 g/mol. The summed E-state index contributed by atoms with van der Waals surface area (Å²) in [6.07, 6.45) is 0. The molecule has 0 bridgehead atoms. The number of amides is 1. The Morgan fingerprint density at radius 2 is 1.79 bits per heavy atom. The van der Waals surface area contributed by atoms with Crippen molar-refractivity contribution in [2.75, 3.05) is 19.0 Å². The van der Waals surface area contributed by atoms with Crippen molar-refractivity contribution >= 4 is 40.2 Å². The number of carbonyl (C=O) groups excluding carboxylic acids is 2. The maximum absolute atomic E-state index is 13.5. The number of hydrogen-bond donors (Lipinski definition) is 1. The SMILES string of the molecule is COCCn1c(SC(C(=O)Nc2cccc(C(C)=O)c2)c2ccccc2)nc2ccccc21. The van der Waals surface area contributed by atoms with Gasteiger partial charge < -0.3 is 14.6 Å². The predicted octanol–water partition coefficient (Wildman–Crippen LogP) is 5.36. The van der Waals surface area contributed by atoms with Gasteiger partial charge in [-0.05, 0) is 36.8 Å². The Bertz CT molecular complexity index is 1270. The molecule has 3 aromatic carbocycles. The number of ether oxygens (including phenoxy) is 1. The molecule has 0 aliphatic rings. The summed E-state index contributed by atoms with van der Waals surface area (Å²) in [7, 11) is 1.67. The van der Waals surface area contributed by atoms with Crippen molar-refractivity contribution in [1.29, 1.82) is 0 Å². The van der Waals surface area contributed by atoms with Crippen LogP contribution in [-0.4, -0.2) is 35.0 Å². The van der Waals surface area contributed by atoms with Gasteiger partial charge in [0.15, 0.2) is 10.9 Å². The highest BCUT2D eigenvalue weighted by Gasteiger charge is 2.25. The number of aromatic nitrogens is 2. The summed E-state index contributed by atoms with van der Waals surface area (Å²) in [6.45, 7) is 2.67. The van der Waals surface area contributed by atoms with Crippen LogP contribution in [0.2, 0.25) is 0 Å². The molecule has 6 nitrogen and oxygen atoms in total. The van der Waals surface area contributed by atoms with Gasteiger partial charge in [-0.3, -0.25) is 9.59 Å². The van der Waals surface area contributed by atoms with Gasteiger partial charge in [0.25, 0.3) is 0 Å². The molecule has 0 radical (unpaired) electrons. The molecule has 1 N–H and O–H groups in total. The third-order valence-corrected chi connectivity index (χ3v) is 6.48. The highest BCUT2D eigenvalue weighted by Crippen LogP contribution is 2.37. The number of fused-ring (bicyclic) bond motifs is 1. The minimum atomic E-state index is -0.537. The van der Waals surface area contributed by atoms with Crippen LogP contribution >= 0.6 is 11.8 Å². The van der Waals surface area contributed by atoms with Gasteiger partial charge in [-0.1, -0.05) is 66.4 Å². The lowest BCUT2D eigenvalue weighted by Gasteiger charge is -2.18. The molecular formula is C26H25N3O3S. The van der Waals surface area contributed by atoms with Crippen LogP contribution in [0.5, 0.6) is 0 Å². The normalized spacial score (nSPS) is 11.9. The number of carbonyl (C=O) groups is 2. The summed E-state index contributed by atoms with van der Waals surface area (Å²) in [4.78, 5) is 30.0. The molecule has 7 heteroatoms. The maximum atomic E-state index is 13.5. The second kappa shape index (κ2) is 10.5. The molecule has 33 heavy (non-hydrogen) atoms. The Morgan fingerprint density at radius 1 is 1.03 bits per heavy atom. The highest BCUT2D eigenvalue weighted by atomic mass is 32.2. The number of Topliss-reactive ketones (excluding diaryl/α,β-unsaturated/α-hetero) is 1. The Balaban J connectivity index is 1.68. The summed E-state index contributed by atoms with van der Waals surface area (Å²) < 4.78 is 7.39. The lowest BCUT2D eigenvalue weighted by molar-refractivity contribution is -0.115. The van der Waals surface area contributed by atoms with Crippen LogP contribution in [0.25, 0.3) is 11.0 Å². The van der Waals surface area contributed by atoms with Gasteiger partial charge in [0.1, 0.15) is 5.25 Å².